The van der Waals surface area contributed by atoms with Crippen LogP contribution in [0.25, 0.3) is 0 Å². The monoisotopic (exact) mass is 573 g/mol. The van der Waals surface area contributed by atoms with Crippen molar-refractivity contribution in [2.24, 2.45) is 0 Å². The fraction of sp³-hybridized carbons (Fsp3) is 0.310. The zero-order valence-electron chi connectivity index (χ0n) is 22.2. The van der Waals surface area contributed by atoms with Crippen LogP contribution in [-0.4, -0.2) is 51.0 Å². The summed E-state index contributed by atoms with van der Waals surface area (Å²) in [4.78, 5) is 28.0. The molecule has 1 atom stereocenters. The summed E-state index contributed by atoms with van der Waals surface area (Å²) in [5, 5.41) is 3.05. The topological polar surface area (TPSA) is 86.8 Å². The van der Waals surface area contributed by atoms with Gasteiger partial charge in [-0.05, 0) is 42.7 Å². The van der Waals surface area contributed by atoms with Crippen molar-refractivity contribution in [3.05, 3.63) is 100 Å². The second-order valence-corrected chi connectivity index (χ2v) is 11.6. The predicted octanol–water partition coefficient (Wildman–Crippen LogP) is 4.72. The van der Waals surface area contributed by atoms with Gasteiger partial charge in [0.15, 0.2) is 0 Å². The summed E-state index contributed by atoms with van der Waals surface area (Å²) in [6.45, 7) is 1.65. The van der Waals surface area contributed by atoms with E-state index in [9.17, 15) is 22.4 Å². The Hall–Kier alpha value is -3.43. The molecule has 0 aliphatic heterocycles. The van der Waals surface area contributed by atoms with Crippen LogP contribution in [0.3, 0.4) is 0 Å². The zero-order chi connectivity index (χ0) is 28.6. The molecule has 10 heteroatoms. The van der Waals surface area contributed by atoms with E-state index in [2.05, 4.69) is 5.32 Å². The second-order valence-electron chi connectivity index (χ2n) is 9.26. The maximum absolute atomic E-state index is 14.6. The van der Waals surface area contributed by atoms with Crippen LogP contribution >= 0.6 is 11.6 Å². The lowest BCUT2D eigenvalue weighted by Gasteiger charge is -2.32. The molecule has 3 aromatic carbocycles. The Morgan fingerprint density at radius 3 is 2.31 bits per heavy atom. The van der Waals surface area contributed by atoms with Gasteiger partial charge in [-0.25, -0.2) is 12.8 Å². The third-order valence-corrected chi connectivity index (χ3v) is 8.07. The Kier molecular flexibility index (Phi) is 10.5. The van der Waals surface area contributed by atoms with Crippen molar-refractivity contribution < 1.29 is 22.4 Å². The maximum Gasteiger partial charge on any atom is 0.242 e. The smallest absolute Gasteiger partial charge is 0.242 e. The Labute approximate surface area is 234 Å². The van der Waals surface area contributed by atoms with Gasteiger partial charge in [-0.1, -0.05) is 66.2 Å². The van der Waals surface area contributed by atoms with Crippen molar-refractivity contribution in [3.8, 4) is 0 Å². The molecule has 0 aliphatic carbocycles. The van der Waals surface area contributed by atoms with Gasteiger partial charge in [0.25, 0.3) is 0 Å². The minimum atomic E-state index is -3.67. The Balaban J connectivity index is 1.87. The molecule has 0 unspecified atom stereocenters. The van der Waals surface area contributed by atoms with Crippen LogP contribution in [0.5, 0.6) is 0 Å². The van der Waals surface area contributed by atoms with Crippen LogP contribution in [0.15, 0.2) is 72.8 Å². The Morgan fingerprint density at radius 2 is 1.67 bits per heavy atom. The van der Waals surface area contributed by atoms with Crippen LogP contribution in [-0.2, 0) is 32.6 Å². The zero-order valence-corrected chi connectivity index (χ0v) is 23.8. The molecule has 0 radical (unpaired) electrons. The number of hydrogen-bond acceptors (Lipinski definition) is 4. The summed E-state index contributed by atoms with van der Waals surface area (Å²) >= 11 is 6.22. The highest BCUT2D eigenvalue weighted by molar-refractivity contribution is 7.92. The quantitative estimate of drug-likeness (QED) is 0.340. The number of sulfonamides is 1. The third-order valence-electron chi connectivity index (χ3n) is 6.48. The van der Waals surface area contributed by atoms with E-state index in [-0.39, 0.29) is 49.7 Å². The number of nitrogens with one attached hydrogen (secondary N) is 1. The molecule has 2 amide bonds. The van der Waals surface area contributed by atoms with Gasteiger partial charge >= 0.3 is 0 Å². The van der Waals surface area contributed by atoms with Crippen LogP contribution < -0.4 is 9.62 Å². The van der Waals surface area contributed by atoms with Crippen molar-refractivity contribution in [2.45, 2.75) is 38.8 Å². The minimum Gasteiger partial charge on any atom is -0.357 e. The molecule has 0 heterocycles. The van der Waals surface area contributed by atoms with Crippen LogP contribution in [0, 0.1) is 12.7 Å². The van der Waals surface area contributed by atoms with E-state index >= 15 is 0 Å². The average molecular weight is 574 g/mol. The average Bonchev–Trinajstić information content (AvgIpc) is 2.91. The lowest BCUT2D eigenvalue weighted by atomic mass is 10.0. The summed E-state index contributed by atoms with van der Waals surface area (Å²) in [6.07, 6.45) is 1.46. The molecule has 7 nitrogen and oxygen atoms in total. The minimum absolute atomic E-state index is 0.0304. The Morgan fingerprint density at radius 1 is 1.00 bits per heavy atom. The van der Waals surface area contributed by atoms with Gasteiger partial charge in [-0.15, -0.1) is 0 Å². The first kappa shape index (κ1) is 30.1. The van der Waals surface area contributed by atoms with E-state index in [0.29, 0.717) is 16.3 Å². The van der Waals surface area contributed by atoms with Gasteiger partial charge in [0.1, 0.15) is 11.9 Å². The van der Waals surface area contributed by atoms with E-state index in [1.54, 1.807) is 43.3 Å². The number of benzene rings is 3. The second kappa shape index (κ2) is 13.6. The predicted molar refractivity (Wildman–Crippen MR) is 153 cm³/mol. The number of rotatable bonds is 12. The van der Waals surface area contributed by atoms with Crippen LogP contribution in [0.2, 0.25) is 5.02 Å². The molecular formula is C29H33ClFN3O4S. The van der Waals surface area contributed by atoms with Crippen molar-refractivity contribution in [1.82, 2.24) is 10.2 Å². The van der Waals surface area contributed by atoms with E-state index in [0.717, 1.165) is 11.8 Å². The highest BCUT2D eigenvalue weighted by Gasteiger charge is 2.30. The summed E-state index contributed by atoms with van der Waals surface area (Å²) in [6, 6.07) is 19.5. The molecule has 1 N–H and O–H groups in total. The molecule has 3 rings (SSSR count). The maximum atomic E-state index is 14.6. The molecule has 0 aromatic heterocycles. The van der Waals surface area contributed by atoms with E-state index in [1.807, 2.05) is 30.3 Å². The first-order valence-corrected chi connectivity index (χ1v) is 14.8. The molecule has 3 aromatic rings. The normalized spacial score (nSPS) is 12.0. The first-order valence-electron chi connectivity index (χ1n) is 12.5. The molecule has 0 aliphatic rings. The third kappa shape index (κ3) is 8.03. The number of likely N-dealkylation sites (N-methyl/N-ethyl adjacent to an activating group) is 1. The molecule has 0 bridgehead atoms. The van der Waals surface area contributed by atoms with Crippen molar-refractivity contribution >= 4 is 39.1 Å². The Bertz CT molecular complexity index is 1400. The van der Waals surface area contributed by atoms with Crippen molar-refractivity contribution in [1.29, 1.82) is 0 Å². The highest BCUT2D eigenvalue weighted by atomic mass is 35.5. The lowest BCUT2D eigenvalue weighted by molar-refractivity contribution is -0.141. The molecular weight excluding hydrogens is 541 g/mol. The summed E-state index contributed by atoms with van der Waals surface area (Å²) in [5.41, 5.74) is 2.17. The molecule has 0 fully saturated rings. The number of carbonyl (C=O) groups excluding carboxylic acids is 2. The number of halogens is 2. The number of hydrogen-bond donors (Lipinski definition) is 1. The number of amides is 2. The summed E-state index contributed by atoms with van der Waals surface area (Å²) in [7, 11) is -2.18. The highest BCUT2D eigenvalue weighted by Crippen LogP contribution is 2.28. The van der Waals surface area contributed by atoms with Gasteiger partial charge in [-0.2, -0.15) is 0 Å². The standard InChI is InChI=1S/C29H33ClFN3O4S/c1-21-24(30)14-9-16-26(21)34(39(3,37)38)18-10-17-28(35)33(20-23-13-7-8-15-25(23)31)27(29(36)32-2)19-22-11-5-4-6-12-22/h4-9,11-16,27H,10,17-20H2,1-3H3,(H,32,36)/t27-/m1/s1. The fourth-order valence-corrected chi connectivity index (χ4v) is 5.56. The van der Waals surface area contributed by atoms with Gasteiger partial charge in [-0.3, -0.25) is 13.9 Å². The van der Waals surface area contributed by atoms with Gasteiger partial charge < -0.3 is 10.2 Å². The molecule has 0 saturated heterocycles. The number of carbonyl (C=O) groups is 2. The summed E-state index contributed by atoms with van der Waals surface area (Å²) in [5.74, 6) is -1.25. The van der Waals surface area contributed by atoms with Gasteiger partial charge in [0.05, 0.1) is 11.9 Å². The van der Waals surface area contributed by atoms with E-state index < -0.39 is 21.9 Å². The van der Waals surface area contributed by atoms with Gasteiger partial charge in [0, 0.05) is 43.6 Å². The number of anilines is 1. The van der Waals surface area contributed by atoms with Crippen molar-refractivity contribution in [2.75, 3.05) is 24.2 Å². The van der Waals surface area contributed by atoms with Gasteiger partial charge in [0.2, 0.25) is 21.8 Å². The van der Waals surface area contributed by atoms with Crippen LogP contribution in [0.4, 0.5) is 10.1 Å². The molecule has 39 heavy (non-hydrogen) atoms. The first-order chi connectivity index (χ1) is 18.5. The van der Waals surface area contributed by atoms with Crippen molar-refractivity contribution in [3.63, 3.8) is 0 Å². The lowest BCUT2D eigenvalue weighted by Crippen LogP contribution is -2.50. The largest absolute Gasteiger partial charge is 0.357 e. The van der Waals surface area contributed by atoms with Crippen LogP contribution in [0.1, 0.15) is 29.5 Å². The summed E-state index contributed by atoms with van der Waals surface area (Å²) < 4.78 is 41.1. The van der Waals surface area contributed by atoms with E-state index in [1.165, 1.54) is 22.3 Å². The molecule has 0 spiro atoms. The van der Waals surface area contributed by atoms with E-state index in [4.69, 9.17) is 11.6 Å². The number of nitrogens with zero attached hydrogens (tertiary/aromatic N) is 2. The molecule has 208 valence electrons. The fourth-order valence-electron chi connectivity index (χ4n) is 4.38. The SMILES string of the molecule is CNC(=O)[C@@H](Cc1ccccc1)N(Cc1ccccc1F)C(=O)CCCN(c1cccc(Cl)c1C)S(C)(=O)=O. The molecule has 0 saturated carbocycles.